The molecule has 140 valence electrons. The van der Waals surface area contributed by atoms with Crippen molar-refractivity contribution in [3.63, 3.8) is 0 Å². The van der Waals surface area contributed by atoms with Gasteiger partial charge in [0.25, 0.3) is 0 Å². The number of aromatic amines is 1. The first kappa shape index (κ1) is 17.3. The number of ether oxygens (including phenoxy) is 1. The van der Waals surface area contributed by atoms with Crippen molar-refractivity contribution in [3.05, 3.63) is 57.0 Å². The maximum absolute atomic E-state index is 12.8. The van der Waals surface area contributed by atoms with Crippen LogP contribution in [0, 0.1) is 13.8 Å². The lowest BCUT2D eigenvalue weighted by Gasteiger charge is -2.26. The number of hydrogen-bond donors (Lipinski definition) is 1. The van der Waals surface area contributed by atoms with E-state index in [1.165, 1.54) is 0 Å². The molecule has 1 aliphatic rings. The molecule has 1 N–H and O–H groups in total. The number of aromatic nitrogens is 2. The number of nitrogens with zero attached hydrogens (tertiary/aromatic N) is 2. The van der Waals surface area contributed by atoms with Gasteiger partial charge in [-0.15, -0.1) is 0 Å². The number of benzene rings is 1. The number of aryl methyl sites for hydroxylation is 2. The predicted octanol–water partition coefficient (Wildman–Crippen LogP) is 2.27. The summed E-state index contributed by atoms with van der Waals surface area (Å²) in [4.78, 5) is 34.4. The molecular formula is C20H21N3O4. The average Bonchev–Trinajstić information content (AvgIpc) is 3.11. The van der Waals surface area contributed by atoms with Crippen molar-refractivity contribution in [3.8, 4) is 5.75 Å². The minimum atomic E-state index is -0.472. The molecule has 0 unspecified atom stereocenters. The van der Waals surface area contributed by atoms with E-state index in [1.54, 1.807) is 18.3 Å². The fourth-order valence-electron chi connectivity index (χ4n) is 3.69. The first-order chi connectivity index (χ1) is 13.0. The molecule has 0 spiro atoms. The normalized spacial score (nSPS) is 13.7. The number of nitrogens with one attached hydrogen (secondary N) is 1. The highest BCUT2D eigenvalue weighted by Crippen LogP contribution is 2.31. The van der Waals surface area contributed by atoms with Gasteiger partial charge in [0, 0.05) is 13.0 Å². The van der Waals surface area contributed by atoms with E-state index in [0.717, 1.165) is 27.9 Å². The Morgan fingerprint density at radius 2 is 2.19 bits per heavy atom. The fourth-order valence-corrected chi connectivity index (χ4v) is 3.69. The van der Waals surface area contributed by atoms with Gasteiger partial charge in [-0.3, -0.25) is 4.79 Å². The summed E-state index contributed by atoms with van der Waals surface area (Å²) >= 11 is 0. The molecule has 1 aliphatic heterocycles. The zero-order chi connectivity index (χ0) is 19.1. The molecule has 3 aromatic rings. The van der Waals surface area contributed by atoms with E-state index < -0.39 is 5.63 Å². The zero-order valence-electron chi connectivity index (χ0n) is 15.6. The van der Waals surface area contributed by atoms with Crippen LogP contribution in [0.3, 0.4) is 0 Å². The molecule has 0 saturated carbocycles. The Kier molecular flexibility index (Phi) is 4.22. The Labute approximate surface area is 156 Å². The number of hydrogen-bond acceptors (Lipinski definition) is 5. The van der Waals surface area contributed by atoms with Gasteiger partial charge in [0.05, 0.1) is 48.7 Å². The van der Waals surface area contributed by atoms with Gasteiger partial charge in [0.2, 0.25) is 5.91 Å². The van der Waals surface area contributed by atoms with Crippen LogP contribution in [-0.4, -0.2) is 34.4 Å². The van der Waals surface area contributed by atoms with Gasteiger partial charge >= 0.3 is 5.63 Å². The van der Waals surface area contributed by atoms with E-state index in [4.69, 9.17) is 9.15 Å². The van der Waals surface area contributed by atoms with E-state index in [0.29, 0.717) is 36.4 Å². The van der Waals surface area contributed by atoms with Crippen molar-refractivity contribution in [1.82, 2.24) is 14.9 Å². The van der Waals surface area contributed by atoms with Crippen molar-refractivity contribution in [2.75, 3.05) is 13.7 Å². The van der Waals surface area contributed by atoms with Crippen LogP contribution < -0.4 is 10.4 Å². The first-order valence-electron chi connectivity index (χ1n) is 8.87. The Bertz CT molecular complexity index is 1100. The third kappa shape index (κ3) is 2.99. The van der Waals surface area contributed by atoms with Gasteiger partial charge in [-0.25, -0.2) is 9.78 Å². The van der Waals surface area contributed by atoms with Gasteiger partial charge < -0.3 is 19.0 Å². The Hall–Kier alpha value is -3.09. The molecule has 0 radical (unpaired) electrons. The highest BCUT2D eigenvalue weighted by Gasteiger charge is 2.25. The van der Waals surface area contributed by atoms with Crippen LogP contribution in [0.4, 0.5) is 0 Å². The lowest BCUT2D eigenvalue weighted by Crippen LogP contribution is -2.37. The quantitative estimate of drug-likeness (QED) is 0.718. The monoisotopic (exact) mass is 367 g/mol. The van der Waals surface area contributed by atoms with Crippen LogP contribution in [0.25, 0.3) is 11.0 Å². The number of H-pyrrole nitrogens is 1. The molecular weight excluding hydrogens is 346 g/mol. The predicted molar refractivity (Wildman–Crippen MR) is 99.9 cm³/mol. The zero-order valence-corrected chi connectivity index (χ0v) is 15.6. The van der Waals surface area contributed by atoms with Crippen molar-refractivity contribution in [2.24, 2.45) is 0 Å². The van der Waals surface area contributed by atoms with E-state index in [1.807, 2.05) is 26.0 Å². The van der Waals surface area contributed by atoms with E-state index in [-0.39, 0.29) is 12.3 Å². The van der Waals surface area contributed by atoms with Crippen LogP contribution in [0.1, 0.15) is 28.1 Å². The summed E-state index contributed by atoms with van der Waals surface area (Å²) in [6.07, 6.45) is 2.36. The summed E-state index contributed by atoms with van der Waals surface area (Å²) in [5.74, 6) is 0.538. The summed E-state index contributed by atoms with van der Waals surface area (Å²) in [5.41, 5.74) is 4.01. The Balaban J connectivity index is 1.69. The summed E-state index contributed by atoms with van der Waals surface area (Å²) in [7, 11) is 1.58. The van der Waals surface area contributed by atoms with Crippen LogP contribution in [0.15, 0.2) is 27.7 Å². The largest absolute Gasteiger partial charge is 0.496 e. The molecule has 0 fully saturated rings. The topological polar surface area (TPSA) is 88.4 Å². The van der Waals surface area contributed by atoms with Gasteiger partial charge in [-0.05, 0) is 37.1 Å². The lowest BCUT2D eigenvalue weighted by molar-refractivity contribution is -0.131. The summed E-state index contributed by atoms with van der Waals surface area (Å²) < 4.78 is 11.0. The minimum absolute atomic E-state index is 0.00457. The molecule has 0 bridgehead atoms. The summed E-state index contributed by atoms with van der Waals surface area (Å²) in [6.45, 7) is 4.82. The number of amides is 1. The van der Waals surface area contributed by atoms with Gasteiger partial charge in [0.1, 0.15) is 11.3 Å². The number of methoxy groups -OCH3 is 1. The molecule has 4 rings (SSSR count). The number of rotatable bonds is 3. The van der Waals surface area contributed by atoms with Crippen molar-refractivity contribution < 1.29 is 13.9 Å². The van der Waals surface area contributed by atoms with E-state index >= 15 is 0 Å². The maximum Gasteiger partial charge on any atom is 0.340 e. The third-order valence-electron chi connectivity index (χ3n) is 5.16. The van der Waals surface area contributed by atoms with Crippen molar-refractivity contribution >= 4 is 16.9 Å². The van der Waals surface area contributed by atoms with Crippen molar-refractivity contribution in [2.45, 2.75) is 33.2 Å². The molecule has 3 heterocycles. The second-order valence-electron chi connectivity index (χ2n) is 6.90. The van der Waals surface area contributed by atoms with Crippen LogP contribution in [0.2, 0.25) is 0 Å². The molecule has 2 aromatic heterocycles. The third-order valence-corrected chi connectivity index (χ3v) is 5.16. The molecule has 0 aliphatic carbocycles. The smallest absolute Gasteiger partial charge is 0.340 e. The van der Waals surface area contributed by atoms with Crippen molar-refractivity contribution in [1.29, 1.82) is 0 Å². The van der Waals surface area contributed by atoms with Crippen LogP contribution in [0.5, 0.6) is 5.75 Å². The second kappa shape index (κ2) is 6.57. The standard InChI is InChI=1S/C20H21N3O4/c1-11-6-16(26-3)19-12(2)13(20(25)27-17(19)7-11)8-18(24)23-5-4-14-15(9-23)22-10-21-14/h6-7,10H,4-5,8-9H2,1-3H3,(H,21,22). The molecule has 0 atom stereocenters. The van der Waals surface area contributed by atoms with Crippen LogP contribution in [-0.2, 0) is 24.2 Å². The van der Waals surface area contributed by atoms with E-state index in [9.17, 15) is 9.59 Å². The maximum atomic E-state index is 12.8. The average molecular weight is 367 g/mol. The molecule has 7 nitrogen and oxygen atoms in total. The number of imidazole rings is 1. The minimum Gasteiger partial charge on any atom is -0.496 e. The number of carbonyl (C=O) groups is 1. The molecule has 7 heteroatoms. The Morgan fingerprint density at radius 1 is 1.37 bits per heavy atom. The van der Waals surface area contributed by atoms with Crippen LogP contribution >= 0.6 is 0 Å². The summed E-state index contributed by atoms with van der Waals surface area (Å²) in [5, 5.41) is 0.736. The second-order valence-corrected chi connectivity index (χ2v) is 6.90. The first-order valence-corrected chi connectivity index (χ1v) is 8.87. The molecule has 27 heavy (non-hydrogen) atoms. The van der Waals surface area contributed by atoms with Gasteiger partial charge in [-0.2, -0.15) is 0 Å². The number of fused-ring (bicyclic) bond motifs is 2. The Morgan fingerprint density at radius 3 is 2.96 bits per heavy atom. The molecule has 0 saturated heterocycles. The van der Waals surface area contributed by atoms with Gasteiger partial charge in [-0.1, -0.05) is 0 Å². The number of carbonyl (C=O) groups excluding carboxylic acids is 1. The SMILES string of the molecule is COc1cc(C)cc2oc(=O)c(CC(=O)N3CCc4nc[nH]c4C3)c(C)c12. The molecule has 1 aromatic carbocycles. The summed E-state index contributed by atoms with van der Waals surface area (Å²) in [6, 6.07) is 3.70. The van der Waals surface area contributed by atoms with E-state index in [2.05, 4.69) is 9.97 Å². The van der Waals surface area contributed by atoms with Gasteiger partial charge in [0.15, 0.2) is 0 Å². The molecule has 1 amide bonds. The fraction of sp³-hybridized carbons (Fsp3) is 0.350. The highest BCUT2D eigenvalue weighted by molar-refractivity contribution is 5.89. The lowest BCUT2D eigenvalue weighted by atomic mass is 10.0. The highest BCUT2D eigenvalue weighted by atomic mass is 16.5.